The van der Waals surface area contributed by atoms with Gasteiger partial charge in [-0.15, -0.1) is 0 Å². The van der Waals surface area contributed by atoms with Crippen LogP contribution < -0.4 is 5.46 Å². The van der Waals surface area contributed by atoms with Crippen LogP contribution in [0.15, 0.2) is 12.4 Å². The van der Waals surface area contributed by atoms with Crippen LogP contribution in [0, 0.1) is 0 Å². The van der Waals surface area contributed by atoms with Crippen LogP contribution in [0.5, 0.6) is 0 Å². The third kappa shape index (κ3) is 0.868. The third-order valence-corrected chi connectivity index (χ3v) is 1.54. The van der Waals surface area contributed by atoms with Crippen molar-refractivity contribution in [1.82, 2.24) is 9.78 Å². The fourth-order valence-corrected chi connectivity index (χ4v) is 0.891. The molecule has 0 saturated heterocycles. The Bertz CT molecular complexity index is 215. The molecule has 1 aromatic heterocycles. The van der Waals surface area contributed by atoms with E-state index in [0.717, 1.165) is 5.46 Å². The van der Waals surface area contributed by atoms with E-state index in [4.69, 9.17) is 7.85 Å². The van der Waals surface area contributed by atoms with E-state index in [1.807, 2.05) is 10.9 Å². The van der Waals surface area contributed by atoms with Gasteiger partial charge in [0, 0.05) is 12.4 Å². The van der Waals surface area contributed by atoms with Crippen molar-refractivity contribution in [3.8, 4) is 0 Å². The van der Waals surface area contributed by atoms with Crippen LogP contribution >= 0.6 is 0 Å². The molecule has 1 fully saturated rings. The van der Waals surface area contributed by atoms with E-state index in [1.165, 1.54) is 12.8 Å². The summed E-state index contributed by atoms with van der Waals surface area (Å²) in [6.07, 6.45) is 6.11. The molecule has 1 aromatic rings. The van der Waals surface area contributed by atoms with Gasteiger partial charge in [0.15, 0.2) is 0 Å². The van der Waals surface area contributed by atoms with Crippen molar-refractivity contribution in [3.05, 3.63) is 12.4 Å². The van der Waals surface area contributed by atoms with Crippen LogP contribution in [0.25, 0.3) is 0 Å². The summed E-state index contributed by atoms with van der Waals surface area (Å²) >= 11 is 0. The minimum absolute atomic E-state index is 0.655. The van der Waals surface area contributed by atoms with Crippen LogP contribution in [0.1, 0.15) is 18.9 Å². The Labute approximate surface area is 55.3 Å². The van der Waals surface area contributed by atoms with E-state index < -0.39 is 0 Å². The molecule has 0 aliphatic heterocycles. The van der Waals surface area contributed by atoms with Gasteiger partial charge in [0.25, 0.3) is 0 Å². The van der Waals surface area contributed by atoms with Gasteiger partial charge in [-0.1, -0.05) is 5.46 Å². The zero-order valence-corrected chi connectivity index (χ0v) is 5.12. The molecule has 1 heterocycles. The average molecular weight is 118 g/mol. The van der Waals surface area contributed by atoms with Gasteiger partial charge in [0.05, 0.1) is 6.04 Å². The molecular formula is C6H7BN2. The zero-order chi connectivity index (χ0) is 6.27. The normalized spacial score (nSPS) is 18.2. The highest BCUT2D eigenvalue weighted by Crippen LogP contribution is 2.33. The van der Waals surface area contributed by atoms with Crippen LogP contribution in [-0.4, -0.2) is 17.6 Å². The van der Waals surface area contributed by atoms with E-state index in [0.29, 0.717) is 6.04 Å². The monoisotopic (exact) mass is 118 g/mol. The molecule has 0 spiro atoms. The fraction of sp³-hybridized carbons (Fsp3) is 0.500. The molecular weight excluding hydrogens is 111 g/mol. The second-order valence-electron chi connectivity index (χ2n) is 2.48. The lowest BCUT2D eigenvalue weighted by Crippen LogP contribution is -1.97. The maximum absolute atomic E-state index is 5.46. The first kappa shape index (κ1) is 5.09. The number of aromatic nitrogens is 2. The average Bonchev–Trinajstić information content (AvgIpc) is 2.58. The Morgan fingerprint density at radius 2 is 2.44 bits per heavy atom. The minimum atomic E-state index is 0.655. The smallest absolute Gasteiger partial charge is 0.118 e. The van der Waals surface area contributed by atoms with Crippen LogP contribution in [0.3, 0.4) is 0 Å². The Morgan fingerprint density at radius 3 is 2.89 bits per heavy atom. The zero-order valence-electron chi connectivity index (χ0n) is 5.12. The summed E-state index contributed by atoms with van der Waals surface area (Å²) in [6, 6.07) is 0.655. The molecule has 0 aromatic carbocycles. The summed E-state index contributed by atoms with van der Waals surface area (Å²) < 4.78 is 1.94. The van der Waals surface area contributed by atoms with Gasteiger partial charge in [-0.3, -0.25) is 4.68 Å². The maximum Gasteiger partial charge on any atom is 0.118 e. The molecule has 1 saturated carbocycles. The molecule has 0 amide bonds. The second kappa shape index (κ2) is 1.63. The number of rotatable bonds is 1. The van der Waals surface area contributed by atoms with Crippen molar-refractivity contribution in [3.63, 3.8) is 0 Å². The molecule has 2 radical (unpaired) electrons. The number of hydrogen-bond donors (Lipinski definition) is 0. The molecule has 0 unspecified atom stereocenters. The summed E-state index contributed by atoms with van der Waals surface area (Å²) in [7, 11) is 5.46. The Hall–Kier alpha value is -0.725. The quantitative estimate of drug-likeness (QED) is 0.475. The molecule has 0 N–H and O–H groups in total. The predicted octanol–water partition coefficient (Wildman–Crippen LogP) is 0.0118. The van der Waals surface area contributed by atoms with Crippen molar-refractivity contribution < 1.29 is 0 Å². The van der Waals surface area contributed by atoms with Crippen molar-refractivity contribution in [2.24, 2.45) is 0 Å². The molecule has 0 atom stereocenters. The number of nitrogens with zero attached hydrogens (tertiary/aromatic N) is 2. The van der Waals surface area contributed by atoms with Gasteiger partial charge in [-0.25, -0.2) is 0 Å². The second-order valence-corrected chi connectivity index (χ2v) is 2.48. The van der Waals surface area contributed by atoms with Gasteiger partial charge in [-0.2, -0.15) is 5.10 Å². The topological polar surface area (TPSA) is 17.8 Å². The van der Waals surface area contributed by atoms with Crippen molar-refractivity contribution in [1.29, 1.82) is 0 Å². The van der Waals surface area contributed by atoms with Gasteiger partial charge in [-0.05, 0) is 12.8 Å². The summed E-state index contributed by atoms with van der Waals surface area (Å²) in [4.78, 5) is 0. The number of hydrogen-bond acceptors (Lipinski definition) is 1. The van der Waals surface area contributed by atoms with E-state index in [9.17, 15) is 0 Å². The maximum atomic E-state index is 5.46. The van der Waals surface area contributed by atoms with Gasteiger partial charge < -0.3 is 0 Å². The molecule has 3 heteroatoms. The molecule has 9 heavy (non-hydrogen) atoms. The van der Waals surface area contributed by atoms with Gasteiger partial charge in [0.2, 0.25) is 0 Å². The first-order valence-electron chi connectivity index (χ1n) is 3.16. The van der Waals surface area contributed by atoms with Gasteiger partial charge in [0.1, 0.15) is 7.85 Å². The first-order chi connectivity index (χ1) is 4.36. The van der Waals surface area contributed by atoms with Crippen LogP contribution in [-0.2, 0) is 0 Å². The standard InChI is InChI=1S/C6H7BN2/c7-5-3-8-9(4-5)6-1-2-6/h3-4,6H,1-2H2. The molecule has 1 aliphatic carbocycles. The summed E-state index contributed by atoms with van der Waals surface area (Å²) in [5.74, 6) is 0. The Balaban J connectivity index is 2.28. The lowest BCUT2D eigenvalue weighted by atomic mass is 10.0. The SMILES string of the molecule is [B]c1cnn(C2CC2)c1. The highest BCUT2D eigenvalue weighted by atomic mass is 15.3. The fourth-order valence-electron chi connectivity index (χ4n) is 0.891. The van der Waals surface area contributed by atoms with E-state index in [-0.39, 0.29) is 0 Å². The van der Waals surface area contributed by atoms with Crippen molar-refractivity contribution in [2.75, 3.05) is 0 Å². The summed E-state index contributed by atoms with van der Waals surface area (Å²) in [6.45, 7) is 0. The molecule has 44 valence electrons. The van der Waals surface area contributed by atoms with E-state index >= 15 is 0 Å². The highest BCUT2D eigenvalue weighted by molar-refractivity contribution is 6.31. The van der Waals surface area contributed by atoms with Crippen LogP contribution in [0.2, 0.25) is 0 Å². The Kier molecular flexibility index (Phi) is 0.919. The molecule has 1 aliphatic rings. The highest BCUT2D eigenvalue weighted by Gasteiger charge is 2.23. The molecule has 2 rings (SSSR count). The Morgan fingerprint density at radius 1 is 1.67 bits per heavy atom. The predicted molar refractivity (Wildman–Crippen MR) is 35.9 cm³/mol. The first-order valence-corrected chi connectivity index (χ1v) is 3.16. The van der Waals surface area contributed by atoms with Crippen molar-refractivity contribution >= 4 is 13.3 Å². The van der Waals surface area contributed by atoms with E-state index in [2.05, 4.69) is 5.10 Å². The summed E-state index contributed by atoms with van der Waals surface area (Å²) in [5, 5.41) is 4.07. The van der Waals surface area contributed by atoms with Crippen molar-refractivity contribution in [2.45, 2.75) is 18.9 Å². The third-order valence-electron chi connectivity index (χ3n) is 1.54. The lowest BCUT2D eigenvalue weighted by Gasteiger charge is -1.91. The van der Waals surface area contributed by atoms with E-state index in [1.54, 1.807) is 6.20 Å². The largest absolute Gasteiger partial charge is 0.270 e. The van der Waals surface area contributed by atoms with Gasteiger partial charge >= 0.3 is 0 Å². The lowest BCUT2D eigenvalue weighted by molar-refractivity contribution is 0.642. The summed E-state index contributed by atoms with van der Waals surface area (Å²) in [5.41, 5.74) is 0.766. The minimum Gasteiger partial charge on any atom is -0.270 e. The molecule has 0 bridgehead atoms. The molecule has 2 nitrogen and oxygen atoms in total. The van der Waals surface area contributed by atoms with Crippen LogP contribution in [0.4, 0.5) is 0 Å².